The van der Waals surface area contributed by atoms with Crippen LogP contribution in [0.4, 0.5) is 5.69 Å². The van der Waals surface area contributed by atoms with E-state index in [1.54, 1.807) is 6.92 Å². The SMILES string of the molecule is CC#CCOc1ccc(S(N)(=O)=O)cc1[N+](=O)[O-]. The molecule has 0 aliphatic rings. The molecule has 7 nitrogen and oxygen atoms in total. The highest BCUT2D eigenvalue weighted by molar-refractivity contribution is 7.89. The fourth-order valence-electron chi connectivity index (χ4n) is 1.12. The van der Waals surface area contributed by atoms with Gasteiger partial charge in [-0.25, -0.2) is 13.6 Å². The predicted molar refractivity (Wildman–Crippen MR) is 63.4 cm³/mol. The predicted octanol–water partition coefficient (Wildman–Crippen LogP) is 0.644. The van der Waals surface area contributed by atoms with E-state index in [0.29, 0.717) is 0 Å². The molecule has 1 rings (SSSR count). The van der Waals surface area contributed by atoms with E-state index in [9.17, 15) is 18.5 Å². The zero-order chi connectivity index (χ0) is 13.8. The Morgan fingerprint density at radius 1 is 1.50 bits per heavy atom. The second-order valence-corrected chi connectivity index (χ2v) is 4.71. The van der Waals surface area contributed by atoms with Crippen LogP contribution < -0.4 is 9.88 Å². The topological polar surface area (TPSA) is 113 Å². The first kappa shape index (κ1) is 14.0. The van der Waals surface area contributed by atoms with Crippen LogP contribution >= 0.6 is 0 Å². The normalized spacial score (nSPS) is 10.3. The number of nitrogens with two attached hydrogens (primary N) is 1. The van der Waals surface area contributed by atoms with Gasteiger partial charge in [0.1, 0.15) is 6.61 Å². The summed E-state index contributed by atoms with van der Waals surface area (Å²) >= 11 is 0. The van der Waals surface area contributed by atoms with Gasteiger partial charge in [-0.15, -0.1) is 5.92 Å². The van der Waals surface area contributed by atoms with Gasteiger partial charge in [0.05, 0.1) is 9.82 Å². The van der Waals surface area contributed by atoms with Crippen molar-refractivity contribution >= 4 is 15.7 Å². The Morgan fingerprint density at radius 2 is 2.17 bits per heavy atom. The molecule has 0 aromatic heterocycles. The number of nitrogens with zero attached hydrogens (tertiary/aromatic N) is 1. The first-order valence-corrected chi connectivity index (χ1v) is 6.24. The molecule has 0 spiro atoms. The summed E-state index contributed by atoms with van der Waals surface area (Å²) in [6.45, 7) is 1.58. The van der Waals surface area contributed by atoms with E-state index < -0.39 is 20.6 Å². The quantitative estimate of drug-likeness (QED) is 0.490. The lowest BCUT2D eigenvalue weighted by Gasteiger charge is -2.04. The Labute approximate surface area is 104 Å². The Morgan fingerprint density at radius 3 is 2.67 bits per heavy atom. The minimum absolute atomic E-state index is 0.0218. The molecule has 0 aliphatic heterocycles. The molecule has 1 aromatic carbocycles. The Hall–Kier alpha value is -2.11. The van der Waals surface area contributed by atoms with Crippen LogP contribution in [0.2, 0.25) is 0 Å². The van der Waals surface area contributed by atoms with E-state index in [2.05, 4.69) is 11.8 Å². The Balaban J connectivity index is 3.19. The first-order chi connectivity index (χ1) is 8.36. The van der Waals surface area contributed by atoms with Crippen LogP contribution in [0.1, 0.15) is 6.92 Å². The van der Waals surface area contributed by atoms with Crippen LogP contribution in [0.25, 0.3) is 0 Å². The van der Waals surface area contributed by atoms with Crippen molar-refractivity contribution in [3.63, 3.8) is 0 Å². The highest BCUT2D eigenvalue weighted by Gasteiger charge is 2.19. The third-order valence-electron chi connectivity index (χ3n) is 1.93. The van der Waals surface area contributed by atoms with Crippen molar-refractivity contribution in [2.75, 3.05) is 6.61 Å². The molecule has 0 heterocycles. The summed E-state index contributed by atoms with van der Waals surface area (Å²) in [5, 5.41) is 15.7. The van der Waals surface area contributed by atoms with Gasteiger partial charge in [0.15, 0.2) is 5.75 Å². The minimum atomic E-state index is -3.99. The lowest BCUT2D eigenvalue weighted by atomic mass is 10.3. The number of benzene rings is 1. The van der Waals surface area contributed by atoms with Gasteiger partial charge in [0.25, 0.3) is 0 Å². The lowest BCUT2D eigenvalue weighted by molar-refractivity contribution is -0.386. The van der Waals surface area contributed by atoms with Crippen LogP contribution in [0.5, 0.6) is 5.75 Å². The van der Waals surface area contributed by atoms with E-state index in [1.807, 2.05) is 0 Å². The van der Waals surface area contributed by atoms with Crippen molar-refractivity contribution in [3.8, 4) is 17.6 Å². The summed E-state index contributed by atoms with van der Waals surface area (Å²) in [6.07, 6.45) is 0. The second-order valence-electron chi connectivity index (χ2n) is 3.15. The van der Waals surface area contributed by atoms with Gasteiger partial charge < -0.3 is 4.74 Å². The van der Waals surface area contributed by atoms with Crippen molar-refractivity contribution < 1.29 is 18.1 Å². The number of nitro groups is 1. The van der Waals surface area contributed by atoms with Crippen molar-refractivity contribution in [1.29, 1.82) is 0 Å². The fraction of sp³-hybridized carbons (Fsp3) is 0.200. The standard InChI is InChI=1S/C10H10N2O5S/c1-2-3-6-17-10-5-4-8(18(11,15)16)7-9(10)12(13)14/h4-5,7H,6H2,1H3,(H2,11,15,16). The summed E-state index contributed by atoms with van der Waals surface area (Å²) in [5.74, 6) is 5.07. The van der Waals surface area contributed by atoms with Crippen LogP contribution in [-0.4, -0.2) is 19.9 Å². The number of rotatable bonds is 4. The zero-order valence-corrected chi connectivity index (χ0v) is 10.2. The maximum atomic E-state index is 11.1. The van der Waals surface area contributed by atoms with Gasteiger partial charge in [-0.1, -0.05) is 5.92 Å². The first-order valence-electron chi connectivity index (χ1n) is 4.70. The number of hydrogen-bond donors (Lipinski definition) is 1. The molecule has 1 aromatic rings. The van der Waals surface area contributed by atoms with Crippen molar-refractivity contribution in [2.45, 2.75) is 11.8 Å². The molecule has 0 aliphatic carbocycles. The molecule has 2 N–H and O–H groups in total. The van der Waals surface area contributed by atoms with Crippen molar-refractivity contribution in [3.05, 3.63) is 28.3 Å². The van der Waals surface area contributed by atoms with E-state index in [-0.39, 0.29) is 17.3 Å². The maximum Gasteiger partial charge on any atom is 0.312 e. The molecule has 18 heavy (non-hydrogen) atoms. The fourth-order valence-corrected chi connectivity index (χ4v) is 1.66. The summed E-state index contributed by atoms with van der Waals surface area (Å²) in [6, 6.07) is 3.16. The smallest absolute Gasteiger partial charge is 0.312 e. The van der Waals surface area contributed by atoms with E-state index in [1.165, 1.54) is 6.07 Å². The zero-order valence-electron chi connectivity index (χ0n) is 9.41. The number of primary sulfonamides is 1. The van der Waals surface area contributed by atoms with Gasteiger partial charge in [-0.2, -0.15) is 0 Å². The van der Waals surface area contributed by atoms with E-state index in [4.69, 9.17) is 9.88 Å². The summed E-state index contributed by atoms with van der Waals surface area (Å²) in [5.41, 5.74) is -0.473. The molecular formula is C10H10N2O5S. The number of nitro benzene ring substituents is 1. The number of hydrogen-bond acceptors (Lipinski definition) is 5. The van der Waals surface area contributed by atoms with Gasteiger partial charge in [0.2, 0.25) is 10.0 Å². The van der Waals surface area contributed by atoms with Crippen LogP contribution in [-0.2, 0) is 10.0 Å². The third-order valence-corrected chi connectivity index (χ3v) is 2.84. The summed E-state index contributed by atoms with van der Waals surface area (Å²) < 4.78 is 27.2. The molecule has 96 valence electrons. The summed E-state index contributed by atoms with van der Waals surface area (Å²) in [4.78, 5) is 9.70. The van der Waals surface area contributed by atoms with E-state index in [0.717, 1.165) is 12.1 Å². The summed E-state index contributed by atoms with van der Waals surface area (Å²) in [7, 11) is -3.99. The van der Waals surface area contributed by atoms with Crippen molar-refractivity contribution in [2.24, 2.45) is 5.14 Å². The van der Waals surface area contributed by atoms with Gasteiger partial charge in [-0.05, 0) is 19.1 Å². The highest BCUT2D eigenvalue weighted by Crippen LogP contribution is 2.29. The monoisotopic (exact) mass is 270 g/mol. The average Bonchev–Trinajstić information content (AvgIpc) is 2.28. The lowest BCUT2D eigenvalue weighted by Crippen LogP contribution is -2.12. The Kier molecular flexibility index (Phi) is 4.25. The average molecular weight is 270 g/mol. The molecule has 8 heteroatoms. The number of ether oxygens (including phenoxy) is 1. The Bertz CT molecular complexity index is 627. The van der Waals surface area contributed by atoms with E-state index >= 15 is 0 Å². The largest absolute Gasteiger partial charge is 0.474 e. The molecule has 0 radical (unpaired) electrons. The molecule has 0 saturated heterocycles. The van der Waals surface area contributed by atoms with Crippen LogP contribution in [0.3, 0.4) is 0 Å². The molecule has 0 atom stereocenters. The van der Waals surface area contributed by atoms with Crippen LogP contribution in [0, 0.1) is 22.0 Å². The number of sulfonamides is 1. The maximum absolute atomic E-state index is 11.1. The van der Waals surface area contributed by atoms with Crippen LogP contribution in [0.15, 0.2) is 23.1 Å². The molecule has 0 unspecified atom stereocenters. The third kappa shape index (κ3) is 3.44. The van der Waals surface area contributed by atoms with Gasteiger partial charge >= 0.3 is 5.69 Å². The van der Waals surface area contributed by atoms with Crippen molar-refractivity contribution in [1.82, 2.24) is 0 Å². The highest BCUT2D eigenvalue weighted by atomic mass is 32.2. The molecule has 0 fully saturated rings. The minimum Gasteiger partial charge on any atom is -0.474 e. The van der Waals surface area contributed by atoms with Gasteiger partial charge in [-0.3, -0.25) is 10.1 Å². The molecular weight excluding hydrogens is 260 g/mol. The molecule has 0 bridgehead atoms. The molecule has 0 amide bonds. The second kappa shape index (κ2) is 5.48. The molecule has 0 saturated carbocycles. The van der Waals surface area contributed by atoms with Gasteiger partial charge in [0, 0.05) is 6.07 Å².